The van der Waals surface area contributed by atoms with E-state index in [0.717, 1.165) is 32.4 Å². The third-order valence-electron chi connectivity index (χ3n) is 3.25. The van der Waals surface area contributed by atoms with E-state index in [4.69, 9.17) is 5.11 Å². The summed E-state index contributed by atoms with van der Waals surface area (Å²) in [6.45, 7) is 4.28. The molecule has 6 nitrogen and oxygen atoms in total. The lowest BCUT2D eigenvalue weighted by atomic mass is 10.1. The first kappa shape index (κ1) is 14.9. The monoisotopic (exact) mass is 258 g/mol. The molecule has 6 heteroatoms. The number of amides is 1. The predicted molar refractivity (Wildman–Crippen MR) is 66.2 cm³/mol. The zero-order chi connectivity index (χ0) is 13.8. The van der Waals surface area contributed by atoms with E-state index in [1.165, 1.54) is 6.92 Å². The second-order valence-electron chi connectivity index (χ2n) is 5.07. The number of carbonyl (C=O) groups is 2. The van der Waals surface area contributed by atoms with Crippen molar-refractivity contribution in [2.75, 3.05) is 19.6 Å². The summed E-state index contributed by atoms with van der Waals surface area (Å²) in [5, 5.41) is 21.1. The van der Waals surface area contributed by atoms with Crippen LogP contribution in [0.25, 0.3) is 0 Å². The molecule has 1 aliphatic rings. The number of likely N-dealkylation sites (tertiary alicyclic amines) is 1. The van der Waals surface area contributed by atoms with Crippen molar-refractivity contribution in [2.24, 2.45) is 0 Å². The van der Waals surface area contributed by atoms with Crippen LogP contribution in [0.2, 0.25) is 0 Å². The maximum absolute atomic E-state index is 12.0. The fourth-order valence-electron chi connectivity index (χ4n) is 1.90. The van der Waals surface area contributed by atoms with Gasteiger partial charge in [0.25, 0.3) is 0 Å². The topological polar surface area (TPSA) is 89.9 Å². The van der Waals surface area contributed by atoms with Crippen molar-refractivity contribution in [2.45, 2.75) is 44.8 Å². The third kappa shape index (κ3) is 3.96. The maximum atomic E-state index is 12.0. The smallest absolute Gasteiger partial charge is 0.336 e. The van der Waals surface area contributed by atoms with E-state index < -0.39 is 17.6 Å². The number of carbonyl (C=O) groups excluding carboxylic acids is 1. The fraction of sp³-hybridized carbons (Fsp3) is 0.833. The van der Waals surface area contributed by atoms with Gasteiger partial charge in [0, 0.05) is 19.6 Å². The van der Waals surface area contributed by atoms with Crippen molar-refractivity contribution in [1.82, 2.24) is 10.2 Å². The van der Waals surface area contributed by atoms with E-state index >= 15 is 0 Å². The second kappa shape index (κ2) is 6.15. The SMILES string of the molecule is CC(NCC(C)(O)C(=O)O)C(=O)N1CCCCC1. The van der Waals surface area contributed by atoms with Crippen LogP contribution in [0.15, 0.2) is 0 Å². The van der Waals surface area contributed by atoms with Gasteiger partial charge in [0.1, 0.15) is 0 Å². The van der Waals surface area contributed by atoms with Gasteiger partial charge in [0.15, 0.2) is 5.60 Å². The Morgan fingerprint density at radius 3 is 2.39 bits per heavy atom. The molecule has 104 valence electrons. The molecule has 1 aliphatic heterocycles. The van der Waals surface area contributed by atoms with Crippen molar-refractivity contribution in [1.29, 1.82) is 0 Å². The van der Waals surface area contributed by atoms with Crippen LogP contribution in [0.5, 0.6) is 0 Å². The highest BCUT2D eigenvalue weighted by atomic mass is 16.4. The van der Waals surface area contributed by atoms with Gasteiger partial charge < -0.3 is 20.4 Å². The molecule has 1 saturated heterocycles. The van der Waals surface area contributed by atoms with Gasteiger partial charge in [-0.2, -0.15) is 0 Å². The summed E-state index contributed by atoms with van der Waals surface area (Å²) in [5.74, 6) is -1.33. The summed E-state index contributed by atoms with van der Waals surface area (Å²) in [4.78, 5) is 24.5. The first-order valence-corrected chi connectivity index (χ1v) is 6.32. The van der Waals surface area contributed by atoms with E-state index in [2.05, 4.69) is 5.32 Å². The van der Waals surface area contributed by atoms with Crippen LogP contribution in [-0.4, -0.2) is 58.3 Å². The first-order chi connectivity index (χ1) is 8.34. The average Bonchev–Trinajstić information content (AvgIpc) is 2.36. The number of rotatable bonds is 5. The summed E-state index contributed by atoms with van der Waals surface area (Å²) < 4.78 is 0. The number of piperidine rings is 1. The van der Waals surface area contributed by atoms with Crippen molar-refractivity contribution in [3.05, 3.63) is 0 Å². The number of nitrogens with zero attached hydrogens (tertiary/aromatic N) is 1. The summed E-state index contributed by atoms with van der Waals surface area (Å²) >= 11 is 0. The van der Waals surface area contributed by atoms with Crippen molar-refractivity contribution in [3.63, 3.8) is 0 Å². The van der Waals surface area contributed by atoms with Crippen LogP contribution in [0, 0.1) is 0 Å². The standard InChI is InChI=1S/C12H22N2O4/c1-9(13-8-12(2,18)11(16)17)10(15)14-6-4-3-5-7-14/h9,13,18H,3-8H2,1-2H3,(H,16,17). The van der Waals surface area contributed by atoms with E-state index in [1.807, 2.05) is 0 Å². The van der Waals surface area contributed by atoms with Crippen molar-refractivity contribution >= 4 is 11.9 Å². The van der Waals surface area contributed by atoms with Gasteiger partial charge >= 0.3 is 5.97 Å². The lowest BCUT2D eigenvalue weighted by molar-refractivity contribution is -0.156. The molecule has 0 saturated carbocycles. The highest BCUT2D eigenvalue weighted by Crippen LogP contribution is 2.10. The van der Waals surface area contributed by atoms with E-state index in [1.54, 1.807) is 11.8 Å². The number of carboxylic acids is 1. The Morgan fingerprint density at radius 1 is 1.33 bits per heavy atom. The highest BCUT2D eigenvalue weighted by Gasteiger charge is 2.31. The minimum absolute atomic E-state index is 0.0316. The molecule has 0 aliphatic carbocycles. The van der Waals surface area contributed by atoms with Crippen LogP contribution in [0.3, 0.4) is 0 Å². The maximum Gasteiger partial charge on any atom is 0.336 e. The average molecular weight is 258 g/mol. The molecule has 1 heterocycles. The number of aliphatic carboxylic acids is 1. The van der Waals surface area contributed by atoms with E-state index in [-0.39, 0.29) is 12.5 Å². The van der Waals surface area contributed by atoms with Crippen LogP contribution in [-0.2, 0) is 9.59 Å². The number of nitrogens with one attached hydrogen (secondary N) is 1. The molecule has 18 heavy (non-hydrogen) atoms. The molecule has 1 rings (SSSR count). The molecule has 2 atom stereocenters. The zero-order valence-corrected chi connectivity index (χ0v) is 11.0. The Morgan fingerprint density at radius 2 is 1.89 bits per heavy atom. The Kier molecular flexibility index (Phi) is 5.10. The minimum atomic E-state index is -1.85. The molecule has 1 amide bonds. The van der Waals surface area contributed by atoms with Gasteiger partial charge in [0.05, 0.1) is 6.04 Å². The van der Waals surface area contributed by atoms with E-state index in [0.29, 0.717) is 0 Å². The third-order valence-corrected chi connectivity index (χ3v) is 3.25. The first-order valence-electron chi connectivity index (χ1n) is 6.32. The number of hydrogen-bond acceptors (Lipinski definition) is 4. The Balaban J connectivity index is 2.42. The second-order valence-corrected chi connectivity index (χ2v) is 5.07. The minimum Gasteiger partial charge on any atom is -0.479 e. The summed E-state index contributed by atoms with van der Waals surface area (Å²) in [5.41, 5.74) is -1.85. The molecule has 2 unspecified atom stereocenters. The van der Waals surface area contributed by atoms with E-state index in [9.17, 15) is 14.7 Å². The van der Waals surface area contributed by atoms with Crippen LogP contribution >= 0.6 is 0 Å². The quantitative estimate of drug-likeness (QED) is 0.636. The molecule has 3 N–H and O–H groups in total. The normalized spacial score (nSPS) is 21.2. The predicted octanol–water partition coefficient (Wildman–Crippen LogP) is -0.187. The summed E-state index contributed by atoms with van der Waals surface area (Å²) in [7, 11) is 0. The Bertz CT molecular complexity index is 311. The van der Waals surface area contributed by atoms with Crippen LogP contribution < -0.4 is 5.32 Å². The van der Waals surface area contributed by atoms with Crippen LogP contribution in [0.4, 0.5) is 0 Å². The molecule has 0 aromatic carbocycles. The van der Waals surface area contributed by atoms with Gasteiger partial charge in [-0.1, -0.05) is 0 Å². The summed E-state index contributed by atoms with van der Waals surface area (Å²) in [6.07, 6.45) is 3.19. The van der Waals surface area contributed by atoms with Gasteiger partial charge in [-0.25, -0.2) is 4.79 Å². The largest absolute Gasteiger partial charge is 0.479 e. The molecule has 0 aromatic rings. The molecule has 0 radical (unpaired) electrons. The molecule has 1 fully saturated rings. The molecular weight excluding hydrogens is 236 g/mol. The molecule has 0 spiro atoms. The lowest BCUT2D eigenvalue weighted by Crippen LogP contribution is -2.52. The Hall–Kier alpha value is -1.14. The van der Waals surface area contributed by atoms with Crippen molar-refractivity contribution < 1.29 is 19.8 Å². The molecular formula is C12H22N2O4. The molecule has 0 aromatic heterocycles. The van der Waals surface area contributed by atoms with Gasteiger partial charge in [0.2, 0.25) is 5.91 Å². The van der Waals surface area contributed by atoms with Gasteiger partial charge in [-0.05, 0) is 33.1 Å². The zero-order valence-electron chi connectivity index (χ0n) is 11.0. The van der Waals surface area contributed by atoms with Crippen LogP contribution in [0.1, 0.15) is 33.1 Å². The fourth-order valence-corrected chi connectivity index (χ4v) is 1.90. The number of carboxylic acid groups (broad SMARTS) is 1. The van der Waals surface area contributed by atoms with Gasteiger partial charge in [-0.3, -0.25) is 4.79 Å². The molecule has 0 bridgehead atoms. The Labute approximate surface area is 107 Å². The van der Waals surface area contributed by atoms with Crippen molar-refractivity contribution in [3.8, 4) is 0 Å². The number of hydrogen-bond donors (Lipinski definition) is 3. The summed E-state index contributed by atoms with van der Waals surface area (Å²) in [6, 6.07) is -0.478. The van der Waals surface area contributed by atoms with Gasteiger partial charge in [-0.15, -0.1) is 0 Å². The number of aliphatic hydroxyl groups is 1. The lowest BCUT2D eigenvalue weighted by Gasteiger charge is -2.30. The highest BCUT2D eigenvalue weighted by molar-refractivity contribution is 5.82.